The number of halogens is 1. The minimum absolute atomic E-state index is 0.171. The molecule has 0 saturated carbocycles. The Balaban J connectivity index is 1.88. The van der Waals surface area contributed by atoms with E-state index >= 15 is 0 Å². The van der Waals surface area contributed by atoms with Gasteiger partial charge in [0.15, 0.2) is 5.76 Å². The molecule has 0 spiro atoms. The molecule has 0 unspecified atom stereocenters. The van der Waals surface area contributed by atoms with E-state index in [4.69, 9.17) is 20.8 Å². The molecular formula is C18H22ClNO3. The molecule has 1 aromatic heterocycles. The Kier molecular flexibility index (Phi) is 6.11. The molecule has 1 aromatic carbocycles. The molecule has 124 valence electrons. The smallest absolute Gasteiger partial charge is 0.289 e. The minimum atomic E-state index is -0.171. The van der Waals surface area contributed by atoms with E-state index < -0.39 is 0 Å². The van der Waals surface area contributed by atoms with Crippen molar-refractivity contribution in [3.05, 3.63) is 53.0 Å². The quantitative estimate of drug-likeness (QED) is 0.717. The Labute approximate surface area is 142 Å². The third-order valence-electron chi connectivity index (χ3n) is 3.72. The highest BCUT2D eigenvalue weighted by Crippen LogP contribution is 2.18. The van der Waals surface area contributed by atoms with E-state index in [0.29, 0.717) is 30.6 Å². The fourth-order valence-electron chi connectivity index (χ4n) is 2.20. The van der Waals surface area contributed by atoms with Crippen LogP contribution in [0.1, 0.15) is 34.4 Å². The van der Waals surface area contributed by atoms with Crippen molar-refractivity contribution in [2.75, 3.05) is 20.2 Å². The third-order valence-corrected chi connectivity index (χ3v) is 4.01. The molecule has 0 N–H and O–H groups in total. The molecule has 0 aliphatic heterocycles. The second kappa shape index (κ2) is 8.06. The van der Waals surface area contributed by atoms with Gasteiger partial charge in [0.2, 0.25) is 0 Å². The van der Waals surface area contributed by atoms with Crippen molar-refractivity contribution in [2.24, 2.45) is 0 Å². The molecule has 2 aromatic rings. The molecule has 0 bridgehead atoms. The summed E-state index contributed by atoms with van der Waals surface area (Å²) >= 11 is 5.80. The fourth-order valence-corrected chi connectivity index (χ4v) is 2.47. The number of likely N-dealkylation sites (N-methyl/N-ethyl adjacent to an activating group) is 1. The van der Waals surface area contributed by atoms with Crippen LogP contribution < -0.4 is 4.74 Å². The van der Waals surface area contributed by atoms with Crippen LogP contribution in [0.4, 0.5) is 0 Å². The highest BCUT2D eigenvalue weighted by atomic mass is 35.5. The number of benzene rings is 1. The number of nitrogens with zero attached hydrogens (tertiary/aromatic N) is 1. The van der Waals surface area contributed by atoms with Crippen LogP contribution >= 0.6 is 11.6 Å². The van der Waals surface area contributed by atoms with Gasteiger partial charge in [-0.2, -0.15) is 0 Å². The van der Waals surface area contributed by atoms with Crippen LogP contribution in [-0.4, -0.2) is 31.0 Å². The van der Waals surface area contributed by atoms with Gasteiger partial charge in [0, 0.05) is 12.6 Å². The lowest BCUT2D eigenvalue weighted by atomic mass is 10.2. The molecule has 1 heterocycles. The molecule has 0 radical (unpaired) electrons. The van der Waals surface area contributed by atoms with Gasteiger partial charge < -0.3 is 14.1 Å². The Morgan fingerprint density at radius 1 is 1.35 bits per heavy atom. The zero-order valence-corrected chi connectivity index (χ0v) is 14.5. The van der Waals surface area contributed by atoms with Gasteiger partial charge in [-0.05, 0) is 37.1 Å². The Morgan fingerprint density at radius 2 is 2.13 bits per heavy atom. The van der Waals surface area contributed by atoms with E-state index in [1.807, 2.05) is 18.2 Å². The van der Waals surface area contributed by atoms with Gasteiger partial charge in [-0.15, -0.1) is 11.6 Å². The largest absolute Gasteiger partial charge is 0.492 e. The third kappa shape index (κ3) is 4.52. The van der Waals surface area contributed by atoms with E-state index in [1.54, 1.807) is 24.9 Å². The van der Waals surface area contributed by atoms with Crippen LogP contribution in [0.5, 0.6) is 5.75 Å². The number of amides is 1. The van der Waals surface area contributed by atoms with Gasteiger partial charge in [0.05, 0.1) is 12.4 Å². The van der Waals surface area contributed by atoms with Crippen LogP contribution in [0.25, 0.3) is 0 Å². The standard InChI is InChI=1S/C18H22ClNO3/c1-4-14-6-5-7-16(10-14)22-9-8-20(3)18(21)17-11-15(12-19)13(2)23-17/h5-7,10-11H,4,8-9,12H2,1-3H3. The highest BCUT2D eigenvalue weighted by molar-refractivity contribution is 6.17. The Morgan fingerprint density at radius 3 is 2.78 bits per heavy atom. The van der Waals surface area contributed by atoms with Gasteiger partial charge in [-0.3, -0.25) is 4.79 Å². The zero-order chi connectivity index (χ0) is 16.8. The number of hydrogen-bond donors (Lipinski definition) is 0. The SMILES string of the molecule is CCc1cccc(OCCN(C)C(=O)c2cc(CCl)c(C)o2)c1. The van der Waals surface area contributed by atoms with Gasteiger partial charge in [-0.1, -0.05) is 19.1 Å². The second-order valence-corrected chi connectivity index (χ2v) is 5.67. The topological polar surface area (TPSA) is 42.7 Å². The maximum Gasteiger partial charge on any atom is 0.289 e. The average Bonchev–Trinajstić information content (AvgIpc) is 2.95. The lowest BCUT2D eigenvalue weighted by Crippen LogP contribution is -2.30. The lowest BCUT2D eigenvalue weighted by Gasteiger charge is -2.16. The van der Waals surface area contributed by atoms with E-state index in [9.17, 15) is 4.79 Å². The predicted octanol–water partition coefficient (Wildman–Crippen LogP) is 4.04. The molecule has 0 aliphatic carbocycles. The van der Waals surface area contributed by atoms with Crippen molar-refractivity contribution in [1.82, 2.24) is 4.90 Å². The predicted molar refractivity (Wildman–Crippen MR) is 91.3 cm³/mol. The van der Waals surface area contributed by atoms with Gasteiger partial charge in [0.1, 0.15) is 18.1 Å². The van der Waals surface area contributed by atoms with Crippen LogP contribution in [0, 0.1) is 6.92 Å². The number of rotatable bonds is 7. The molecular weight excluding hydrogens is 314 g/mol. The maximum absolute atomic E-state index is 12.3. The molecule has 0 aliphatic rings. The Hall–Kier alpha value is -1.94. The number of aryl methyl sites for hydroxylation is 2. The molecule has 1 amide bonds. The van der Waals surface area contributed by atoms with Crippen molar-refractivity contribution < 1.29 is 13.9 Å². The van der Waals surface area contributed by atoms with Crippen LogP contribution in [0.15, 0.2) is 34.7 Å². The summed E-state index contributed by atoms with van der Waals surface area (Å²) in [5.41, 5.74) is 2.07. The Bertz CT molecular complexity index is 666. The zero-order valence-electron chi connectivity index (χ0n) is 13.8. The van der Waals surface area contributed by atoms with Crippen molar-refractivity contribution in [3.8, 4) is 5.75 Å². The summed E-state index contributed by atoms with van der Waals surface area (Å²) in [5, 5.41) is 0. The molecule has 0 atom stereocenters. The van der Waals surface area contributed by atoms with E-state index in [-0.39, 0.29) is 5.91 Å². The summed E-state index contributed by atoms with van der Waals surface area (Å²) in [6, 6.07) is 9.68. The van der Waals surface area contributed by atoms with Gasteiger partial charge >= 0.3 is 0 Å². The van der Waals surface area contributed by atoms with Gasteiger partial charge in [-0.25, -0.2) is 0 Å². The number of carbonyl (C=O) groups excluding carboxylic acids is 1. The number of ether oxygens (including phenoxy) is 1. The summed E-state index contributed by atoms with van der Waals surface area (Å²) in [4.78, 5) is 13.9. The fraction of sp³-hybridized carbons (Fsp3) is 0.389. The van der Waals surface area contributed by atoms with E-state index in [0.717, 1.165) is 17.7 Å². The van der Waals surface area contributed by atoms with Crippen molar-refractivity contribution in [3.63, 3.8) is 0 Å². The normalized spacial score (nSPS) is 10.6. The van der Waals surface area contributed by atoms with Crippen molar-refractivity contribution in [1.29, 1.82) is 0 Å². The summed E-state index contributed by atoms with van der Waals surface area (Å²) in [5.74, 6) is 1.99. The summed E-state index contributed by atoms with van der Waals surface area (Å²) in [6.45, 7) is 4.81. The first-order valence-electron chi connectivity index (χ1n) is 7.67. The molecule has 5 heteroatoms. The first-order valence-corrected chi connectivity index (χ1v) is 8.21. The number of carbonyl (C=O) groups is 1. The summed E-state index contributed by atoms with van der Waals surface area (Å²) < 4.78 is 11.2. The summed E-state index contributed by atoms with van der Waals surface area (Å²) in [6.07, 6.45) is 0.969. The first-order chi connectivity index (χ1) is 11.0. The highest BCUT2D eigenvalue weighted by Gasteiger charge is 2.17. The van der Waals surface area contributed by atoms with E-state index in [1.165, 1.54) is 5.56 Å². The molecule has 2 rings (SSSR count). The molecule has 0 fully saturated rings. The first kappa shape index (κ1) is 17.4. The lowest BCUT2D eigenvalue weighted by molar-refractivity contribution is 0.0741. The van der Waals surface area contributed by atoms with Crippen molar-refractivity contribution >= 4 is 17.5 Å². The van der Waals surface area contributed by atoms with Gasteiger partial charge in [0.25, 0.3) is 5.91 Å². The van der Waals surface area contributed by atoms with Crippen molar-refractivity contribution in [2.45, 2.75) is 26.1 Å². The molecule has 23 heavy (non-hydrogen) atoms. The average molecular weight is 336 g/mol. The number of hydrogen-bond acceptors (Lipinski definition) is 3. The second-order valence-electron chi connectivity index (χ2n) is 5.40. The minimum Gasteiger partial charge on any atom is -0.492 e. The molecule has 0 saturated heterocycles. The maximum atomic E-state index is 12.3. The number of alkyl halides is 1. The van der Waals surface area contributed by atoms with Crippen LogP contribution in [-0.2, 0) is 12.3 Å². The molecule has 4 nitrogen and oxygen atoms in total. The summed E-state index contributed by atoms with van der Waals surface area (Å²) in [7, 11) is 1.73. The van der Waals surface area contributed by atoms with Crippen LogP contribution in [0.3, 0.4) is 0 Å². The number of furan rings is 1. The monoisotopic (exact) mass is 335 g/mol. The van der Waals surface area contributed by atoms with E-state index in [2.05, 4.69) is 13.0 Å². The van der Waals surface area contributed by atoms with Crippen LogP contribution in [0.2, 0.25) is 0 Å².